The number of halogens is 2. The van der Waals surface area contributed by atoms with E-state index < -0.39 is 12.7 Å². The molecule has 164 valence electrons. The van der Waals surface area contributed by atoms with Gasteiger partial charge in [-0.15, -0.1) is 0 Å². The Hall–Kier alpha value is -3.59. The van der Waals surface area contributed by atoms with Crippen LogP contribution in [-0.4, -0.2) is 22.7 Å². The number of ether oxygens (including phenoxy) is 1. The first-order valence-electron chi connectivity index (χ1n) is 9.83. The van der Waals surface area contributed by atoms with Crippen LogP contribution in [0.2, 0.25) is 0 Å². The first kappa shape index (κ1) is 21.6. The predicted octanol–water partition coefficient (Wildman–Crippen LogP) is 5.24. The van der Waals surface area contributed by atoms with Crippen molar-refractivity contribution in [2.75, 3.05) is 0 Å². The average Bonchev–Trinajstić information content (AvgIpc) is 3.49. The molecule has 0 saturated heterocycles. The van der Waals surface area contributed by atoms with Crippen molar-refractivity contribution in [2.45, 2.75) is 25.5 Å². The number of hydrogen-bond donors (Lipinski definition) is 1. The monoisotopic (exact) mass is 455 g/mol. The number of carbonyl (C=O) groups is 1. The van der Waals surface area contributed by atoms with Gasteiger partial charge in [-0.2, -0.15) is 25.1 Å². The molecule has 0 spiro atoms. The fourth-order valence-electron chi connectivity index (χ4n) is 3.17. The molecule has 2 heterocycles. The molecule has 1 N–H and O–H groups in total. The molecule has 2 aromatic heterocycles. The second-order valence-electron chi connectivity index (χ2n) is 6.88. The highest BCUT2D eigenvalue weighted by atomic mass is 32.1. The van der Waals surface area contributed by atoms with Gasteiger partial charge in [0.15, 0.2) is 0 Å². The minimum absolute atomic E-state index is 0.0553. The summed E-state index contributed by atoms with van der Waals surface area (Å²) in [6.07, 6.45) is 0.451. The predicted molar refractivity (Wildman–Crippen MR) is 115 cm³/mol. The number of thiophene rings is 1. The molecule has 1 atom stereocenters. The Kier molecular flexibility index (Phi) is 6.86. The zero-order valence-electron chi connectivity index (χ0n) is 16.8. The Morgan fingerprint density at radius 1 is 1.06 bits per heavy atom. The summed E-state index contributed by atoms with van der Waals surface area (Å²) in [4.78, 5) is 17.0. The topological polar surface area (TPSA) is 77.2 Å². The van der Waals surface area contributed by atoms with Gasteiger partial charge < -0.3 is 14.6 Å². The van der Waals surface area contributed by atoms with Crippen LogP contribution in [0.3, 0.4) is 0 Å². The van der Waals surface area contributed by atoms with Crippen LogP contribution in [0.15, 0.2) is 75.9 Å². The van der Waals surface area contributed by atoms with Gasteiger partial charge in [0.1, 0.15) is 5.75 Å². The SMILES string of the molecule is O=C(CCc1nc(-c2ccsc2)no1)NC(c1ccccc1)c1ccc(OC(F)F)cc1. The summed E-state index contributed by atoms with van der Waals surface area (Å²) in [6.45, 7) is -2.89. The van der Waals surface area contributed by atoms with Crippen molar-refractivity contribution in [2.24, 2.45) is 0 Å². The number of nitrogens with zero attached hydrogens (tertiary/aromatic N) is 2. The molecule has 0 aliphatic heterocycles. The van der Waals surface area contributed by atoms with Crippen LogP contribution in [0, 0.1) is 0 Å². The molecule has 9 heteroatoms. The third kappa shape index (κ3) is 5.55. The van der Waals surface area contributed by atoms with Crippen molar-refractivity contribution in [3.8, 4) is 17.1 Å². The highest BCUT2D eigenvalue weighted by molar-refractivity contribution is 7.08. The van der Waals surface area contributed by atoms with Gasteiger partial charge in [0.05, 0.1) is 6.04 Å². The van der Waals surface area contributed by atoms with E-state index in [2.05, 4.69) is 20.2 Å². The average molecular weight is 455 g/mol. The summed E-state index contributed by atoms with van der Waals surface area (Å²) in [5, 5.41) is 10.8. The summed E-state index contributed by atoms with van der Waals surface area (Å²) >= 11 is 1.54. The van der Waals surface area contributed by atoms with Crippen molar-refractivity contribution in [3.63, 3.8) is 0 Å². The number of nitrogens with one attached hydrogen (secondary N) is 1. The van der Waals surface area contributed by atoms with Crippen molar-refractivity contribution in [3.05, 3.63) is 88.4 Å². The maximum atomic E-state index is 12.7. The summed E-state index contributed by atoms with van der Waals surface area (Å²) in [6, 6.07) is 17.0. The summed E-state index contributed by atoms with van der Waals surface area (Å²) in [5.74, 6) is 0.725. The van der Waals surface area contributed by atoms with Crippen LogP contribution in [0.25, 0.3) is 11.4 Å². The Balaban J connectivity index is 1.43. The van der Waals surface area contributed by atoms with Crippen LogP contribution in [-0.2, 0) is 11.2 Å². The van der Waals surface area contributed by atoms with Crippen LogP contribution in [0.5, 0.6) is 5.75 Å². The molecule has 0 aliphatic carbocycles. The molecule has 0 aliphatic rings. The van der Waals surface area contributed by atoms with E-state index >= 15 is 0 Å². The number of aryl methyl sites for hydroxylation is 1. The summed E-state index contributed by atoms with van der Waals surface area (Å²) in [5.41, 5.74) is 2.47. The number of benzene rings is 2. The van der Waals surface area contributed by atoms with E-state index in [9.17, 15) is 13.6 Å². The largest absolute Gasteiger partial charge is 0.435 e. The lowest BCUT2D eigenvalue weighted by molar-refractivity contribution is -0.121. The zero-order chi connectivity index (χ0) is 22.3. The second kappa shape index (κ2) is 10.1. The normalized spacial score (nSPS) is 12.0. The molecule has 0 bridgehead atoms. The third-order valence-electron chi connectivity index (χ3n) is 4.69. The minimum atomic E-state index is -2.89. The van der Waals surface area contributed by atoms with E-state index in [1.807, 2.05) is 47.2 Å². The molecule has 0 radical (unpaired) electrons. The van der Waals surface area contributed by atoms with E-state index in [4.69, 9.17) is 4.52 Å². The highest BCUT2D eigenvalue weighted by Gasteiger charge is 2.18. The fraction of sp³-hybridized carbons (Fsp3) is 0.174. The Morgan fingerprint density at radius 3 is 2.50 bits per heavy atom. The zero-order valence-corrected chi connectivity index (χ0v) is 17.6. The van der Waals surface area contributed by atoms with E-state index in [1.54, 1.807) is 12.1 Å². The number of alkyl halides is 2. The Bertz CT molecular complexity index is 1130. The van der Waals surface area contributed by atoms with Crippen molar-refractivity contribution in [1.82, 2.24) is 15.5 Å². The Labute approximate surface area is 186 Å². The van der Waals surface area contributed by atoms with E-state index in [0.29, 0.717) is 18.1 Å². The van der Waals surface area contributed by atoms with Crippen molar-refractivity contribution >= 4 is 17.2 Å². The number of hydrogen-bond acceptors (Lipinski definition) is 6. The van der Waals surface area contributed by atoms with Gasteiger partial charge in [0.2, 0.25) is 17.6 Å². The van der Waals surface area contributed by atoms with Gasteiger partial charge in [-0.25, -0.2) is 0 Å². The van der Waals surface area contributed by atoms with Gasteiger partial charge in [-0.1, -0.05) is 47.6 Å². The number of amides is 1. The lowest BCUT2D eigenvalue weighted by Gasteiger charge is -2.20. The molecule has 6 nitrogen and oxygen atoms in total. The van der Waals surface area contributed by atoms with Crippen molar-refractivity contribution in [1.29, 1.82) is 0 Å². The lowest BCUT2D eigenvalue weighted by Crippen LogP contribution is -2.29. The molecule has 2 aromatic carbocycles. The fourth-order valence-corrected chi connectivity index (χ4v) is 3.80. The molecule has 32 heavy (non-hydrogen) atoms. The van der Waals surface area contributed by atoms with Gasteiger partial charge in [0.25, 0.3) is 0 Å². The molecule has 4 rings (SSSR count). The van der Waals surface area contributed by atoms with Gasteiger partial charge >= 0.3 is 6.61 Å². The molecule has 1 unspecified atom stereocenters. The van der Waals surface area contributed by atoms with Crippen molar-refractivity contribution < 1.29 is 22.8 Å². The molecular formula is C23H19F2N3O3S. The smallest absolute Gasteiger partial charge is 0.387 e. The highest BCUT2D eigenvalue weighted by Crippen LogP contribution is 2.25. The van der Waals surface area contributed by atoms with Gasteiger partial charge in [0, 0.05) is 23.8 Å². The maximum Gasteiger partial charge on any atom is 0.387 e. The first-order chi connectivity index (χ1) is 15.6. The summed E-state index contributed by atoms with van der Waals surface area (Å²) in [7, 11) is 0. The van der Waals surface area contributed by atoms with Crippen LogP contribution in [0.4, 0.5) is 8.78 Å². The van der Waals surface area contributed by atoms with E-state index in [-0.39, 0.29) is 18.1 Å². The Morgan fingerprint density at radius 2 is 1.81 bits per heavy atom. The van der Waals surface area contributed by atoms with E-state index in [1.165, 1.54) is 23.5 Å². The standard InChI is InChI=1S/C23H19F2N3O3S/c24-23(25)30-18-8-6-16(7-9-18)21(15-4-2-1-3-5-15)26-19(29)10-11-20-27-22(28-31-20)17-12-13-32-14-17/h1-9,12-14,21,23H,10-11H2,(H,26,29). The molecule has 0 saturated carbocycles. The molecule has 1 amide bonds. The van der Waals surface area contributed by atoms with E-state index in [0.717, 1.165) is 16.7 Å². The summed E-state index contributed by atoms with van der Waals surface area (Å²) < 4.78 is 34.5. The second-order valence-corrected chi connectivity index (χ2v) is 7.66. The maximum absolute atomic E-state index is 12.7. The molecule has 4 aromatic rings. The number of carbonyl (C=O) groups excluding carboxylic acids is 1. The van der Waals surface area contributed by atoms with Crippen LogP contribution in [0.1, 0.15) is 29.5 Å². The van der Waals surface area contributed by atoms with Gasteiger partial charge in [-0.05, 0) is 34.7 Å². The quantitative estimate of drug-likeness (QED) is 0.374. The molecule has 0 fully saturated rings. The van der Waals surface area contributed by atoms with Crippen LogP contribution >= 0.6 is 11.3 Å². The minimum Gasteiger partial charge on any atom is -0.435 e. The van der Waals surface area contributed by atoms with Gasteiger partial charge in [-0.3, -0.25) is 4.79 Å². The lowest BCUT2D eigenvalue weighted by atomic mass is 9.98. The number of aromatic nitrogens is 2. The number of rotatable bonds is 9. The van der Waals surface area contributed by atoms with Crippen LogP contribution < -0.4 is 10.1 Å². The molecular weight excluding hydrogens is 436 g/mol. The first-order valence-corrected chi connectivity index (χ1v) is 10.8. The third-order valence-corrected chi connectivity index (χ3v) is 5.37.